The number of guanidine groups is 3. The van der Waals surface area contributed by atoms with Crippen LogP contribution in [0.3, 0.4) is 0 Å². The molecule has 1 aromatic carbocycles. The summed E-state index contributed by atoms with van der Waals surface area (Å²) in [7, 11) is 0. The molecule has 524 valence electrons. The molecule has 1 aromatic heterocycles. The molecular weight excluding hydrogens is 1240 g/mol. The highest BCUT2D eigenvalue weighted by Crippen LogP contribution is 2.23. The minimum Gasteiger partial charge on any atom is -0.481 e. The monoisotopic (exact) mass is 1340 g/mol. The van der Waals surface area contributed by atoms with E-state index in [1.807, 2.05) is 6.07 Å². The number of aliphatic hydroxyl groups is 1. The lowest BCUT2D eigenvalue weighted by atomic mass is 9.98. The van der Waals surface area contributed by atoms with Crippen molar-refractivity contribution in [3.05, 3.63) is 36.0 Å². The summed E-state index contributed by atoms with van der Waals surface area (Å²) >= 11 is 1.32. The number of nitrogens with zero attached hydrogens (tertiary/aromatic N) is 4. The van der Waals surface area contributed by atoms with Crippen molar-refractivity contribution in [2.75, 3.05) is 38.2 Å². The Morgan fingerprint density at radius 3 is 1.66 bits per heavy atom. The predicted octanol–water partition coefficient (Wildman–Crippen LogP) is -4.15. The third-order valence-corrected chi connectivity index (χ3v) is 15.8. The molecule has 35 heteroatoms. The van der Waals surface area contributed by atoms with E-state index in [2.05, 4.69) is 62.5 Å². The summed E-state index contributed by atoms with van der Waals surface area (Å²) in [4.78, 5) is 168. The number of para-hydroxylation sites is 1. The van der Waals surface area contributed by atoms with Crippen molar-refractivity contribution in [2.24, 2.45) is 66.9 Å². The number of H-pyrrole nitrogens is 1. The number of carbonyl (C=O) groups excluding carboxylic acids is 9. The number of carboxylic acids is 2. The number of aliphatic hydroxyl groups excluding tert-OH is 1. The van der Waals surface area contributed by atoms with Gasteiger partial charge in [0.1, 0.15) is 54.4 Å². The second-order valence-corrected chi connectivity index (χ2v) is 24.7. The number of nitrogens with one attached hydrogen (secondary N) is 9. The highest BCUT2D eigenvalue weighted by atomic mass is 32.2. The fraction of sp³-hybridized carbons (Fsp3) is 0.627. The lowest BCUT2D eigenvalue weighted by Crippen LogP contribution is -2.61. The lowest BCUT2D eigenvalue weighted by molar-refractivity contribution is -0.143. The van der Waals surface area contributed by atoms with Gasteiger partial charge < -0.3 is 108 Å². The molecule has 1 aliphatic heterocycles. The van der Waals surface area contributed by atoms with E-state index in [-0.39, 0.29) is 108 Å². The largest absolute Gasteiger partial charge is 0.481 e. The number of amides is 9. The van der Waals surface area contributed by atoms with Crippen molar-refractivity contribution in [3.8, 4) is 0 Å². The molecule has 11 atom stereocenters. The van der Waals surface area contributed by atoms with Gasteiger partial charge in [-0.3, -0.25) is 62.9 Å². The number of hydrogen-bond donors (Lipinski definition) is 19. The van der Waals surface area contributed by atoms with Gasteiger partial charge in [-0.05, 0) is 113 Å². The predicted molar refractivity (Wildman–Crippen MR) is 353 cm³/mol. The SMILES string of the molecule is CSCC[C@H](NC(=O)[C@H](CCCN=C(N)N)NC(=O)[C@@H](NC(=O)[C@H](Cc1c[nH]c2ccccc12)NC(=O)[C@H](CC(C)C)NC(=O)[C@@H]1CCCN1C(=O)[C@H](CCCN=C(N)N)NC(=O)[C@@H](NC(=O)[C@@H](N)CCCN=C(N)N)[C@@H](C)O)C(C)C)C(=O)N[C@@H](CCC(=O)O)C(=O)O. The number of aromatic nitrogens is 1. The second kappa shape index (κ2) is 40.2. The quantitative estimate of drug-likeness (QED) is 0.0170. The number of aliphatic imine (C=N–C) groups is 3. The molecule has 26 N–H and O–H groups in total. The van der Waals surface area contributed by atoms with Crippen molar-refractivity contribution < 1.29 is 68.1 Å². The van der Waals surface area contributed by atoms with Gasteiger partial charge in [0.2, 0.25) is 53.2 Å². The molecule has 9 amide bonds. The second-order valence-electron chi connectivity index (χ2n) is 23.7. The molecule has 1 fully saturated rings. The summed E-state index contributed by atoms with van der Waals surface area (Å²) in [6, 6.07) is -6.58. The molecule has 0 radical (unpaired) electrons. The number of thioether (sulfide) groups is 1. The van der Waals surface area contributed by atoms with Crippen LogP contribution in [-0.4, -0.2) is 213 Å². The number of fused-ring (bicyclic) bond motifs is 1. The normalized spacial score (nSPS) is 16.0. The minimum absolute atomic E-state index is 0.00139. The van der Waals surface area contributed by atoms with Crippen LogP contribution in [0.1, 0.15) is 117 Å². The Hall–Kier alpha value is -8.99. The van der Waals surface area contributed by atoms with Crippen LogP contribution in [0.25, 0.3) is 10.9 Å². The maximum Gasteiger partial charge on any atom is 0.326 e. The van der Waals surface area contributed by atoms with Gasteiger partial charge in [0, 0.05) is 56.1 Å². The Bertz CT molecular complexity index is 2990. The van der Waals surface area contributed by atoms with E-state index in [0.717, 1.165) is 0 Å². The Kier molecular flexibility index (Phi) is 33.9. The van der Waals surface area contributed by atoms with Crippen LogP contribution in [0.4, 0.5) is 0 Å². The van der Waals surface area contributed by atoms with Crippen LogP contribution in [0.5, 0.6) is 0 Å². The van der Waals surface area contributed by atoms with Gasteiger partial charge >= 0.3 is 11.9 Å². The van der Waals surface area contributed by atoms with Gasteiger partial charge in [-0.2, -0.15) is 11.8 Å². The molecule has 0 unspecified atom stereocenters. The molecule has 1 saturated heterocycles. The minimum atomic E-state index is -1.61. The number of benzene rings is 1. The first kappa shape index (κ1) is 79.2. The smallest absolute Gasteiger partial charge is 0.326 e. The zero-order valence-corrected chi connectivity index (χ0v) is 55.0. The van der Waals surface area contributed by atoms with Gasteiger partial charge in [0.15, 0.2) is 17.9 Å². The highest BCUT2D eigenvalue weighted by Gasteiger charge is 2.41. The van der Waals surface area contributed by atoms with Crippen molar-refractivity contribution in [1.82, 2.24) is 52.4 Å². The van der Waals surface area contributed by atoms with Gasteiger partial charge in [-0.1, -0.05) is 45.9 Å². The number of likely N-dealkylation sites (tertiary alicyclic amines) is 1. The van der Waals surface area contributed by atoms with E-state index < -0.39 is 150 Å². The van der Waals surface area contributed by atoms with Gasteiger partial charge in [-0.25, -0.2) is 4.79 Å². The average molecular weight is 1340 g/mol. The van der Waals surface area contributed by atoms with Crippen LogP contribution in [0.15, 0.2) is 45.4 Å². The van der Waals surface area contributed by atoms with Crippen molar-refractivity contribution >= 4 is 106 Å². The molecule has 0 aliphatic carbocycles. The van der Waals surface area contributed by atoms with Crippen molar-refractivity contribution in [1.29, 1.82) is 0 Å². The highest BCUT2D eigenvalue weighted by molar-refractivity contribution is 7.98. The summed E-state index contributed by atoms with van der Waals surface area (Å²) in [6.45, 7) is 8.39. The number of aliphatic carboxylic acids is 2. The third kappa shape index (κ3) is 27.3. The zero-order chi connectivity index (χ0) is 70.4. The Morgan fingerprint density at radius 2 is 1.11 bits per heavy atom. The van der Waals surface area contributed by atoms with Crippen molar-refractivity contribution in [3.63, 3.8) is 0 Å². The molecule has 1 aliphatic rings. The summed E-state index contributed by atoms with van der Waals surface area (Å²) in [5.41, 5.74) is 40.3. The maximum atomic E-state index is 14.9. The van der Waals surface area contributed by atoms with Crippen LogP contribution in [0.2, 0.25) is 0 Å². The number of nitrogens with two attached hydrogens (primary N) is 7. The number of aromatic amines is 1. The molecule has 2 heterocycles. The van der Waals surface area contributed by atoms with Crippen molar-refractivity contribution in [2.45, 2.75) is 185 Å². The first-order valence-electron chi connectivity index (χ1n) is 31.2. The maximum absolute atomic E-state index is 14.9. The molecule has 34 nitrogen and oxygen atoms in total. The Morgan fingerprint density at radius 1 is 0.606 bits per heavy atom. The molecule has 94 heavy (non-hydrogen) atoms. The molecule has 2 aromatic rings. The first-order chi connectivity index (χ1) is 44.3. The molecule has 0 bridgehead atoms. The van der Waals surface area contributed by atoms with Crippen LogP contribution in [0, 0.1) is 11.8 Å². The van der Waals surface area contributed by atoms with E-state index in [1.54, 1.807) is 58.3 Å². The zero-order valence-electron chi connectivity index (χ0n) is 54.2. The summed E-state index contributed by atoms with van der Waals surface area (Å²) in [5.74, 6) is -11.5. The lowest BCUT2D eigenvalue weighted by Gasteiger charge is -2.31. The Labute approximate surface area is 549 Å². The standard InChI is InChI=1S/C59H98N20O14S/c1-30(2)27-41(76-52(88)43-18-12-25-79(43)55(91)39(17-11-24-69-59(65)66)73-54(90)46(32(5)80)78-47(83)35(60)14-9-22-67-57(61)62)50(86)75-42(28-33-29-70-36-15-8-7-13-34(33)36)51(87)77-45(31(3)4)53(89)72-37(16-10-23-68-58(63)64)48(84)71-38(21-26-94-6)49(85)74-40(56(92)93)19-20-44(81)82/h7-8,13,15,29-32,35,37-43,45-46,70,80H,9-12,14,16-28,60H2,1-6H3,(H,71,84)(H,72,89)(H,73,90)(H,74,85)(H,75,86)(H,76,88)(H,77,87)(H,78,83)(H,81,82)(H,92,93)(H4,61,62,67)(H4,63,64,68)(H4,65,66,69)/t32-,35+,37+,38+,39+,40+,41+,42+,43+,45+,46+/m1/s1. The summed E-state index contributed by atoms with van der Waals surface area (Å²) in [6.07, 6.45) is 1.77. The van der Waals surface area contributed by atoms with E-state index in [4.69, 9.17) is 40.1 Å². The number of rotatable bonds is 42. The number of hydrogen-bond acceptors (Lipinski definition) is 17. The van der Waals surface area contributed by atoms with Crippen LogP contribution >= 0.6 is 11.8 Å². The Balaban J connectivity index is 1.98. The van der Waals surface area contributed by atoms with Gasteiger partial charge in [0.05, 0.1) is 12.1 Å². The fourth-order valence-electron chi connectivity index (χ4n) is 10.2. The fourth-order valence-corrected chi connectivity index (χ4v) is 10.7. The van der Waals surface area contributed by atoms with Gasteiger partial charge in [0.25, 0.3) is 0 Å². The van der Waals surface area contributed by atoms with Crippen LogP contribution < -0.4 is 82.7 Å². The van der Waals surface area contributed by atoms with E-state index in [9.17, 15) is 68.1 Å². The number of carbonyl (C=O) groups is 11. The first-order valence-corrected chi connectivity index (χ1v) is 32.6. The number of carboxylic acid groups (broad SMARTS) is 2. The molecule has 0 saturated carbocycles. The van der Waals surface area contributed by atoms with E-state index >= 15 is 0 Å². The van der Waals surface area contributed by atoms with Crippen LogP contribution in [-0.2, 0) is 59.2 Å². The average Bonchev–Trinajstić information content (AvgIpc) is 2.06. The molecule has 0 spiro atoms. The topological polar surface area (TPSA) is 583 Å². The van der Waals surface area contributed by atoms with E-state index in [0.29, 0.717) is 35.1 Å². The van der Waals surface area contributed by atoms with Gasteiger partial charge in [-0.15, -0.1) is 0 Å². The third-order valence-electron chi connectivity index (χ3n) is 15.2. The van der Waals surface area contributed by atoms with E-state index in [1.165, 1.54) is 23.6 Å². The molecular formula is C59H98N20O14S. The molecule has 3 rings (SSSR count). The summed E-state index contributed by atoms with van der Waals surface area (Å²) < 4.78 is 0. The summed E-state index contributed by atoms with van der Waals surface area (Å²) in [5, 5.41) is 51.4.